The number of benzene rings is 4. The van der Waals surface area contributed by atoms with Crippen molar-refractivity contribution in [1.29, 1.82) is 0 Å². The summed E-state index contributed by atoms with van der Waals surface area (Å²) in [6.45, 7) is 25.3. The molecule has 0 unspecified atom stereocenters. The number of ether oxygens (including phenoxy) is 3. The van der Waals surface area contributed by atoms with Gasteiger partial charge in [-0.2, -0.15) is 0 Å². The third kappa shape index (κ3) is 12.5. The van der Waals surface area contributed by atoms with Crippen LogP contribution in [0.1, 0.15) is 74.3 Å². The number of esters is 1. The molecule has 0 aliphatic heterocycles. The Kier molecular flexibility index (Phi) is 16.8. The summed E-state index contributed by atoms with van der Waals surface area (Å²) in [6, 6.07) is 39.8. The van der Waals surface area contributed by atoms with Crippen LogP contribution < -0.4 is 15.1 Å². The van der Waals surface area contributed by atoms with Crippen molar-refractivity contribution < 1.29 is 27.9 Å². The van der Waals surface area contributed by atoms with Gasteiger partial charge in [-0.05, 0) is 75.4 Å². The SMILES string of the molecule is COc1ccc(COCC/C(=C\CO[Si](c2ccccc2)(c2ccccc2)C(C)(C)C)[C@@H](OC(C)=O)[C@H](O[Si](C)(C)C(C)(C)C)C(C)(C)CSc2ccccc2)cc1. The first-order valence-corrected chi connectivity index (χ1v) is 26.3. The molecule has 0 aliphatic carbocycles. The van der Waals surface area contributed by atoms with Gasteiger partial charge in [0, 0.05) is 23.0 Å². The number of hydrogen-bond acceptors (Lipinski definition) is 7. The number of rotatable bonds is 20. The van der Waals surface area contributed by atoms with Gasteiger partial charge in [0.2, 0.25) is 0 Å². The van der Waals surface area contributed by atoms with E-state index in [1.165, 1.54) is 22.2 Å². The van der Waals surface area contributed by atoms with E-state index in [4.69, 9.17) is 23.1 Å². The third-order valence-electron chi connectivity index (χ3n) is 11.3. The van der Waals surface area contributed by atoms with Crippen LogP contribution >= 0.6 is 11.8 Å². The highest BCUT2D eigenvalue weighted by Gasteiger charge is 2.51. The fourth-order valence-corrected chi connectivity index (χ4v) is 14.0. The largest absolute Gasteiger partial charge is 0.497 e. The fraction of sp³-hybridized carbons (Fsp3) is 0.449. The Bertz CT molecular complexity index is 1830. The van der Waals surface area contributed by atoms with Crippen molar-refractivity contribution in [2.45, 2.75) is 116 Å². The van der Waals surface area contributed by atoms with Crippen molar-refractivity contribution in [3.63, 3.8) is 0 Å². The van der Waals surface area contributed by atoms with E-state index in [1.54, 1.807) is 18.9 Å². The average Bonchev–Trinajstić information content (AvgIpc) is 3.18. The van der Waals surface area contributed by atoms with Crippen LogP contribution in [0.3, 0.4) is 0 Å². The summed E-state index contributed by atoms with van der Waals surface area (Å²) in [5.74, 6) is 1.21. The maximum absolute atomic E-state index is 13.3. The zero-order chi connectivity index (χ0) is 42.6. The molecule has 2 atom stereocenters. The Morgan fingerprint density at radius 3 is 1.76 bits per heavy atom. The van der Waals surface area contributed by atoms with Crippen LogP contribution in [-0.2, 0) is 29.7 Å². The van der Waals surface area contributed by atoms with Crippen LogP contribution in [0.4, 0.5) is 0 Å². The van der Waals surface area contributed by atoms with E-state index in [2.05, 4.69) is 159 Å². The molecule has 4 rings (SSSR count). The predicted octanol–water partition coefficient (Wildman–Crippen LogP) is 11.2. The lowest BCUT2D eigenvalue weighted by Gasteiger charge is -2.47. The average molecular weight is 841 g/mol. The lowest BCUT2D eigenvalue weighted by Crippen LogP contribution is -2.66. The maximum Gasteiger partial charge on any atom is 0.303 e. The van der Waals surface area contributed by atoms with E-state index in [1.807, 2.05) is 30.3 Å². The standard InChI is InChI=1S/C49H68O6SSi2/c1-38(50)54-45(46(55-57(11,12)47(2,3)4)49(8,9)37-56-42-22-16-13-17-23-42)40(32-34-52-36-39-28-30-41(51-10)31-29-39)33-35-53-58(48(5,6)7,43-24-18-14-19-25-43)44-26-20-15-21-27-44/h13-31,33,45-46H,32,34-37H2,1-12H3/b40-33+/t45-,46+/m1/s1. The predicted molar refractivity (Wildman–Crippen MR) is 247 cm³/mol. The van der Waals surface area contributed by atoms with Gasteiger partial charge in [0.25, 0.3) is 8.32 Å². The monoisotopic (exact) mass is 840 g/mol. The van der Waals surface area contributed by atoms with Crippen molar-refractivity contribution in [3.05, 3.63) is 132 Å². The van der Waals surface area contributed by atoms with Crippen LogP contribution in [-0.4, -0.2) is 60.9 Å². The molecule has 0 aromatic heterocycles. The van der Waals surface area contributed by atoms with Gasteiger partial charge in [-0.15, -0.1) is 11.8 Å². The Morgan fingerprint density at radius 1 is 0.741 bits per heavy atom. The minimum atomic E-state index is -2.87. The Morgan fingerprint density at radius 2 is 1.28 bits per heavy atom. The molecule has 0 fully saturated rings. The highest BCUT2D eigenvalue weighted by molar-refractivity contribution is 7.99. The van der Waals surface area contributed by atoms with E-state index in [9.17, 15) is 4.79 Å². The Labute approximate surface area is 356 Å². The van der Waals surface area contributed by atoms with E-state index >= 15 is 0 Å². The van der Waals surface area contributed by atoms with Gasteiger partial charge in [-0.3, -0.25) is 4.79 Å². The molecule has 0 bridgehead atoms. The minimum absolute atomic E-state index is 0.0770. The minimum Gasteiger partial charge on any atom is -0.497 e. The second kappa shape index (κ2) is 20.7. The van der Waals surface area contributed by atoms with Crippen molar-refractivity contribution in [2.24, 2.45) is 5.41 Å². The number of thioether (sulfide) groups is 1. The lowest BCUT2D eigenvalue weighted by molar-refractivity contribution is -0.152. The molecule has 0 N–H and O–H groups in total. The van der Waals surface area contributed by atoms with Gasteiger partial charge >= 0.3 is 5.97 Å². The zero-order valence-corrected chi connectivity index (χ0v) is 39.9. The molecule has 0 heterocycles. The molecule has 0 amide bonds. The van der Waals surface area contributed by atoms with Gasteiger partial charge < -0.3 is 23.1 Å². The van der Waals surface area contributed by atoms with E-state index in [0.717, 1.165) is 22.6 Å². The van der Waals surface area contributed by atoms with Crippen molar-refractivity contribution in [3.8, 4) is 5.75 Å². The summed E-state index contributed by atoms with van der Waals surface area (Å²) in [5.41, 5.74) is 1.57. The number of methoxy groups -OCH3 is 1. The zero-order valence-electron chi connectivity index (χ0n) is 37.1. The number of carbonyl (C=O) groups is 1. The molecule has 314 valence electrons. The molecule has 0 radical (unpaired) electrons. The third-order valence-corrected chi connectivity index (χ3v) is 22.3. The topological polar surface area (TPSA) is 63.2 Å². The quantitative estimate of drug-likeness (QED) is 0.0289. The van der Waals surface area contributed by atoms with Crippen LogP contribution in [0.5, 0.6) is 5.75 Å². The fourth-order valence-electron chi connectivity index (χ4n) is 7.00. The summed E-state index contributed by atoms with van der Waals surface area (Å²) in [6.07, 6.45) is 1.56. The van der Waals surface area contributed by atoms with Crippen LogP contribution in [0.2, 0.25) is 23.2 Å². The first kappa shape index (κ1) is 47.2. The first-order valence-electron chi connectivity index (χ1n) is 20.5. The van der Waals surface area contributed by atoms with Gasteiger partial charge in [0.1, 0.15) is 11.9 Å². The molecule has 0 aliphatic rings. The molecule has 58 heavy (non-hydrogen) atoms. The van der Waals surface area contributed by atoms with E-state index < -0.39 is 34.3 Å². The summed E-state index contributed by atoms with van der Waals surface area (Å²) < 4.78 is 33.1. The second-order valence-corrected chi connectivity index (χ2v) is 28.4. The first-order chi connectivity index (χ1) is 27.3. The van der Waals surface area contributed by atoms with Crippen molar-refractivity contribution >= 4 is 44.7 Å². The molecular formula is C49H68O6SSi2. The van der Waals surface area contributed by atoms with Gasteiger partial charge in [-0.25, -0.2) is 0 Å². The molecular weight excluding hydrogens is 773 g/mol. The highest BCUT2D eigenvalue weighted by Crippen LogP contribution is 2.44. The smallest absolute Gasteiger partial charge is 0.303 e. The molecule has 0 saturated carbocycles. The van der Waals surface area contributed by atoms with E-state index in [-0.39, 0.29) is 16.0 Å². The summed E-state index contributed by atoms with van der Waals surface area (Å²) in [4.78, 5) is 14.5. The molecule has 4 aromatic carbocycles. The van der Waals surface area contributed by atoms with Crippen molar-refractivity contribution in [2.75, 3.05) is 26.1 Å². The second-order valence-electron chi connectivity index (χ2n) is 18.3. The van der Waals surface area contributed by atoms with Gasteiger partial charge in [0.05, 0.1) is 33.0 Å². The highest BCUT2D eigenvalue weighted by atomic mass is 32.2. The summed E-state index contributed by atoms with van der Waals surface area (Å²) in [7, 11) is -3.61. The van der Waals surface area contributed by atoms with Gasteiger partial charge in [0.15, 0.2) is 8.32 Å². The molecule has 6 nitrogen and oxygen atoms in total. The lowest BCUT2D eigenvalue weighted by atomic mass is 9.82. The van der Waals surface area contributed by atoms with Crippen LogP contribution in [0.25, 0.3) is 0 Å². The molecule has 0 spiro atoms. The summed E-state index contributed by atoms with van der Waals surface area (Å²) in [5, 5.41) is 2.14. The van der Waals surface area contributed by atoms with Crippen LogP contribution in [0, 0.1) is 5.41 Å². The summed E-state index contributed by atoms with van der Waals surface area (Å²) >= 11 is 1.80. The maximum atomic E-state index is 13.3. The van der Waals surface area contributed by atoms with E-state index in [0.29, 0.717) is 26.2 Å². The Balaban J connectivity index is 1.82. The normalized spacial score (nSPS) is 14.2. The van der Waals surface area contributed by atoms with Crippen molar-refractivity contribution in [1.82, 2.24) is 0 Å². The molecule has 0 saturated heterocycles. The van der Waals surface area contributed by atoms with Gasteiger partial charge in [-0.1, -0.05) is 152 Å². The molecule has 9 heteroatoms. The number of carbonyl (C=O) groups excluding carboxylic acids is 1. The molecule has 4 aromatic rings. The van der Waals surface area contributed by atoms with Crippen LogP contribution in [0.15, 0.2) is 132 Å². The Hall–Kier alpha value is -3.45. The number of hydrogen-bond donors (Lipinski definition) is 0.